The molecule has 0 aliphatic carbocycles. The number of hydrogen-bond donors (Lipinski definition) is 2. The predicted octanol–water partition coefficient (Wildman–Crippen LogP) is 3.82. The summed E-state index contributed by atoms with van der Waals surface area (Å²) in [7, 11) is 1.63. The summed E-state index contributed by atoms with van der Waals surface area (Å²) in [6.07, 6.45) is 3.93. The van der Waals surface area contributed by atoms with Crippen LogP contribution < -0.4 is 10.1 Å². The molecule has 0 spiro atoms. The van der Waals surface area contributed by atoms with Crippen LogP contribution in [-0.4, -0.2) is 52.1 Å². The summed E-state index contributed by atoms with van der Waals surface area (Å²) >= 11 is 0. The molecular weight excluding hydrogens is 428 g/mol. The van der Waals surface area contributed by atoms with E-state index in [9.17, 15) is 9.90 Å². The number of carbonyl (C=O) groups excluding carboxylic acids is 1. The van der Waals surface area contributed by atoms with Crippen molar-refractivity contribution in [3.63, 3.8) is 0 Å². The van der Waals surface area contributed by atoms with E-state index >= 15 is 0 Å². The Balaban J connectivity index is 1.16. The molecule has 2 N–H and O–H groups in total. The standard InChI is InChI=1S/C27H28N4O3/c1-34-25-4-2-3-23-18(9-12-28-27(23)25)16-26(33)31-13-10-20(11-14-31)29-17-21-6-5-19-15-22(32)7-8-24(19)30-21/h2-9,12,15,20,29,32H,10-11,13-14,16-17H2,1H3. The Kier molecular flexibility index (Phi) is 6.27. The number of benzene rings is 2. The summed E-state index contributed by atoms with van der Waals surface area (Å²) in [5, 5.41) is 15.1. The second kappa shape index (κ2) is 9.65. The van der Waals surface area contributed by atoms with Gasteiger partial charge in [0.2, 0.25) is 5.91 Å². The summed E-state index contributed by atoms with van der Waals surface area (Å²) in [6, 6.07) is 17.3. The fraction of sp³-hybridized carbons (Fsp3) is 0.296. The predicted molar refractivity (Wildman–Crippen MR) is 132 cm³/mol. The van der Waals surface area contributed by atoms with E-state index < -0.39 is 0 Å². The maximum atomic E-state index is 13.0. The van der Waals surface area contributed by atoms with E-state index in [2.05, 4.69) is 15.3 Å². The Morgan fingerprint density at radius 3 is 2.82 bits per heavy atom. The number of phenolic OH excluding ortho intramolecular Hbond substituents is 1. The number of pyridine rings is 2. The Morgan fingerprint density at radius 2 is 2.00 bits per heavy atom. The third kappa shape index (κ3) is 4.65. The van der Waals surface area contributed by atoms with E-state index in [-0.39, 0.29) is 11.7 Å². The van der Waals surface area contributed by atoms with Gasteiger partial charge in [-0.25, -0.2) is 0 Å². The topological polar surface area (TPSA) is 87.6 Å². The summed E-state index contributed by atoms with van der Waals surface area (Å²) in [4.78, 5) is 24.1. The molecule has 2 aromatic carbocycles. The van der Waals surface area contributed by atoms with E-state index in [1.165, 1.54) is 0 Å². The summed E-state index contributed by atoms with van der Waals surface area (Å²) in [5.41, 5.74) is 3.61. The number of hydrogen-bond acceptors (Lipinski definition) is 6. The van der Waals surface area contributed by atoms with Crippen molar-refractivity contribution in [1.29, 1.82) is 0 Å². The number of para-hydroxylation sites is 1. The lowest BCUT2D eigenvalue weighted by molar-refractivity contribution is -0.131. The number of aromatic nitrogens is 2. The third-order valence-electron chi connectivity index (χ3n) is 6.54. The number of methoxy groups -OCH3 is 1. The van der Waals surface area contributed by atoms with Crippen molar-refractivity contribution < 1.29 is 14.6 Å². The third-order valence-corrected chi connectivity index (χ3v) is 6.54. The number of carbonyl (C=O) groups is 1. The van der Waals surface area contributed by atoms with Gasteiger partial charge in [-0.3, -0.25) is 14.8 Å². The molecule has 1 amide bonds. The van der Waals surface area contributed by atoms with Crippen LogP contribution in [0.25, 0.3) is 21.8 Å². The van der Waals surface area contributed by atoms with Gasteiger partial charge < -0.3 is 20.1 Å². The highest BCUT2D eigenvalue weighted by atomic mass is 16.5. The molecule has 174 valence electrons. The first kappa shape index (κ1) is 22.1. The number of piperidine rings is 1. The summed E-state index contributed by atoms with van der Waals surface area (Å²) in [6.45, 7) is 2.17. The van der Waals surface area contributed by atoms with Crippen molar-refractivity contribution in [2.24, 2.45) is 0 Å². The zero-order valence-electron chi connectivity index (χ0n) is 19.2. The van der Waals surface area contributed by atoms with Gasteiger partial charge in [0.1, 0.15) is 17.0 Å². The van der Waals surface area contributed by atoms with Gasteiger partial charge in [-0.2, -0.15) is 0 Å². The van der Waals surface area contributed by atoms with E-state index in [0.29, 0.717) is 19.0 Å². The average Bonchev–Trinajstić information content (AvgIpc) is 2.87. The summed E-state index contributed by atoms with van der Waals surface area (Å²) in [5.74, 6) is 1.12. The lowest BCUT2D eigenvalue weighted by atomic mass is 10.0. The number of nitrogens with zero attached hydrogens (tertiary/aromatic N) is 3. The Morgan fingerprint density at radius 1 is 1.15 bits per heavy atom. The first-order chi connectivity index (χ1) is 16.6. The normalized spacial score (nSPS) is 14.6. The SMILES string of the molecule is COc1cccc2c(CC(=O)N3CCC(NCc4ccc5cc(O)ccc5n4)CC3)ccnc12. The molecule has 1 aliphatic heterocycles. The number of likely N-dealkylation sites (tertiary alicyclic amines) is 1. The molecular formula is C27H28N4O3. The highest BCUT2D eigenvalue weighted by Crippen LogP contribution is 2.26. The van der Waals surface area contributed by atoms with Crippen molar-refractivity contribution in [2.45, 2.75) is 31.8 Å². The van der Waals surface area contributed by atoms with Gasteiger partial charge in [0.05, 0.1) is 24.7 Å². The molecule has 3 heterocycles. The Bertz CT molecular complexity index is 1330. The zero-order valence-corrected chi connectivity index (χ0v) is 19.2. The number of aromatic hydroxyl groups is 1. The molecule has 2 aromatic heterocycles. The van der Waals surface area contributed by atoms with Gasteiger partial charge in [0.15, 0.2) is 0 Å². The fourth-order valence-electron chi connectivity index (χ4n) is 4.64. The molecule has 5 rings (SSSR count). The minimum Gasteiger partial charge on any atom is -0.508 e. The largest absolute Gasteiger partial charge is 0.508 e. The van der Waals surface area contributed by atoms with Crippen LogP contribution >= 0.6 is 0 Å². The van der Waals surface area contributed by atoms with Crippen LogP contribution in [0.4, 0.5) is 0 Å². The molecule has 0 atom stereocenters. The summed E-state index contributed by atoms with van der Waals surface area (Å²) < 4.78 is 5.42. The number of phenols is 1. The minimum atomic E-state index is 0.146. The van der Waals surface area contributed by atoms with Crippen molar-refractivity contribution in [2.75, 3.05) is 20.2 Å². The van der Waals surface area contributed by atoms with Crippen LogP contribution in [0.5, 0.6) is 11.5 Å². The zero-order chi connectivity index (χ0) is 23.5. The Labute approximate surface area is 198 Å². The molecule has 34 heavy (non-hydrogen) atoms. The lowest BCUT2D eigenvalue weighted by Crippen LogP contribution is -2.45. The molecule has 4 aromatic rings. The average molecular weight is 457 g/mol. The first-order valence-electron chi connectivity index (χ1n) is 11.6. The highest BCUT2D eigenvalue weighted by Gasteiger charge is 2.23. The van der Waals surface area contributed by atoms with Crippen LogP contribution in [0.15, 0.2) is 60.8 Å². The quantitative estimate of drug-likeness (QED) is 0.459. The minimum absolute atomic E-state index is 0.146. The van der Waals surface area contributed by atoms with Crippen LogP contribution in [0.2, 0.25) is 0 Å². The molecule has 7 nitrogen and oxygen atoms in total. The van der Waals surface area contributed by atoms with Crippen LogP contribution in [-0.2, 0) is 17.8 Å². The second-order valence-corrected chi connectivity index (χ2v) is 8.72. The van der Waals surface area contributed by atoms with E-state index in [4.69, 9.17) is 4.74 Å². The maximum Gasteiger partial charge on any atom is 0.227 e. The molecule has 1 aliphatic rings. The van der Waals surface area contributed by atoms with Crippen LogP contribution in [0, 0.1) is 0 Å². The van der Waals surface area contributed by atoms with Crippen molar-refractivity contribution in [3.05, 3.63) is 72.1 Å². The number of nitrogens with one attached hydrogen (secondary N) is 1. The number of amides is 1. The monoisotopic (exact) mass is 456 g/mol. The number of rotatable bonds is 6. The highest BCUT2D eigenvalue weighted by molar-refractivity contribution is 5.91. The molecule has 7 heteroatoms. The number of fused-ring (bicyclic) bond motifs is 2. The van der Waals surface area contributed by atoms with Crippen molar-refractivity contribution in [3.8, 4) is 11.5 Å². The van der Waals surface area contributed by atoms with Gasteiger partial charge >= 0.3 is 0 Å². The van der Waals surface area contributed by atoms with Crippen LogP contribution in [0.3, 0.4) is 0 Å². The smallest absolute Gasteiger partial charge is 0.227 e. The molecule has 0 radical (unpaired) electrons. The van der Waals surface area contributed by atoms with E-state index in [1.807, 2.05) is 47.4 Å². The van der Waals surface area contributed by atoms with Crippen molar-refractivity contribution in [1.82, 2.24) is 20.2 Å². The first-order valence-corrected chi connectivity index (χ1v) is 11.6. The molecule has 0 saturated carbocycles. The molecule has 1 saturated heterocycles. The second-order valence-electron chi connectivity index (χ2n) is 8.72. The maximum absolute atomic E-state index is 13.0. The van der Waals surface area contributed by atoms with Crippen molar-refractivity contribution >= 4 is 27.7 Å². The molecule has 0 bridgehead atoms. The molecule has 0 unspecified atom stereocenters. The van der Waals surface area contributed by atoms with Gasteiger partial charge in [0, 0.05) is 42.6 Å². The van der Waals surface area contributed by atoms with E-state index in [0.717, 1.165) is 64.7 Å². The molecule has 1 fully saturated rings. The van der Waals surface area contributed by atoms with Gasteiger partial charge in [-0.1, -0.05) is 18.2 Å². The lowest BCUT2D eigenvalue weighted by Gasteiger charge is -2.32. The Hall–Kier alpha value is -3.71. The van der Waals surface area contributed by atoms with Gasteiger partial charge in [0.25, 0.3) is 0 Å². The van der Waals surface area contributed by atoms with E-state index in [1.54, 1.807) is 25.4 Å². The van der Waals surface area contributed by atoms with Gasteiger partial charge in [-0.15, -0.1) is 0 Å². The number of ether oxygens (including phenoxy) is 1. The fourth-order valence-corrected chi connectivity index (χ4v) is 4.64. The van der Waals surface area contributed by atoms with Crippen LogP contribution in [0.1, 0.15) is 24.1 Å². The van der Waals surface area contributed by atoms with Gasteiger partial charge in [-0.05, 0) is 54.8 Å².